The Bertz CT molecular complexity index is 393. The van der Waals surface area contributed by atoms with Crippen LogP contribution >= 0.6 is 0 Å². The summed E-state index contributed by atoms with van der Waals surface area (Å²) in [5, 5.41) is 13.8. The maximum absolute atomic E-state index is 10.8. The first-order valence-corrected chi connectivity index (χ1v) is 4.78. The van der Waals surface area contributed by atoms with E-state index in [4.69, 9.17) is 5.11 Å². The highest BCUT2D eigenvalue weighted by atomic mass is 16.4. The number of nitrogens with one attached hydrogen (secondary N) is 2. The lowest BCUT2D eigenvalue weighted by atomic mass is 10.4. The van der Waals surface area contributed by atoms with Crippen molar-refractivity contribution in [1.82, 2.24) is 4.98 Å². The Morgan fingerprint density at radius 3 is 2.69 bits per heavy atom. The second-order valence-electron chi connectivity index (χ2n) is 3.16. The number of hydrogen-bond donors (Lipinski definition) is 3. The predicted octanol–water partition coefficient (Wildman–Crippen LogP) is 0.927. The smallest absolute Gasteiger partial charge is 0.305 e. The van der Waals surface area contributed by atoms with Crippen LogP contribution in [0.2, 0.25) is 0 Å². The van der Waals surface area contributed by atoms with Gasteiger partial charge in [-0.05, 0) is 12.1 Å². The van der Waals surface area contributed by atoms with Crippen molar-refractivity contribution in [3.05, 3.63) is 18.2 Å². The number of nitrogens with zero attached hydrogens (tertiary/aromatic N) is 1. The standard InChI is InChI=1S/C10H13N3O3/c1-7(14)12-9-4-2-3-8(13-9)11-6-5-10(15)16/h2-4H,5-6H2,1H3,(H,15,16)(H2,11,12,13,14). The molecule has 0 aliphatic carbocycles. The molecule has 6 nitrogen and oxygen atoms in total. The fourth-order valence-corrected chi connectivity index (χ4v) is 1.08. The van der Waals surface area contributed by atoms with E-state index in [1.165, 1.54) is 6.92 Å². The SMILES string of the molecule is CC(=O)Nc1cccc(NCCC(=O)O)n1. The van der Waals surface area contributed by atoms with E-state index in [1.54, 1.807) is 18.2 Å². The summed E-state index contributed by atoms with van der Waals surface area (Å²) in [4.78, 5) is 25.1. The molecule has 86 valence electrons. The number of anilines is 2. The molecule has 0 fully saturated rings. The van der Waals surface area contributed by atoms with Crippen molar-refractivity contribution < 1.29 is 14.7 Å². The van der Waals surface area contributed by atoms with Gasteiger partial charge >= 0.3 is 5.97 Å². The van der Waals surface area contributed by atoms with Crippen LogP contribution in [0.3, 0.4) is 0 Å². The van der Waals surface area contributed by atoms with Crippen LogP contribution in [0.1, 0.15) is 13.3 Å². The summed E-state index contributed by atoms with van der Waals surface area (Å²) < 4.78 is 0. The van der Waals surface area contributed by atoms with E-state index >= 15 is 0 Å². The molecule has 0 atom stereocenters. The van der Waals surface area contributed by atoms with Crippen molar-refractivity contribution in [2.24, 2.45) is 0 Å². The molecule has 6 heteroatoms. The summed E-state index contributed by atoms with van der Waals surface area (Å²) in [6.07, 6.45) is 0.0199. The molecule has 1 amide bonds. The number of aromatic nitrogens is 1. The number of carboxylic acid groups (broad SMARTS) is 1. The molecule has 0 aliphatic rings. The second-order valence-corrected chi connectivity index (χ2v) is 3.16. The van der Waals surface area contributed by atoms with Crippen LogP contribution in [0.25, 0.3) is 0 Å². The van der Waals surface area contributed by atoms with Crippen molar-refractivity contribution >= 4 is 23.5 Å². The van der Waals surface area contributed by atoms with E-state index in [0.29, 0.717) is 18.2 Å². The van der Waals surface area contributed by atoms with Crippen LogP contribution in [0.15, 0.2) is 18.2 Å². The lowest BCUT2D eigenvalue weighted by Gasteiger charge is -2.06. The second kappa shape index (κ2) is 5.69. The summed E-state index contributed by atoms with van der Waals surface area (Å²) in [5.41, 5.74) is 0. The molecule has 0 unspecified atom stereocenters. The number of amides is 1. The minimum Gasteiger partial charge on any atom is -0.481 e. The van der Waals surface area contributed by atoms with Gasteiger partial charge in [-0.1, -0.05) is 6.07 Å². The van der Waals surface area contributed by atoms with Gasteiger partial charge in [-0.25, -0.2) is 4.98 Å². The van der Waals surface area contributed by atoms with Crippen molar-refractivity contribution in [3.63, 3.8) is 0 Å². The third kappa shape index (κ3) is 4.41. The van der Waals surface area contributed by atoms with Crippen LogP contribution < -0.4 is 10.6 Å². The molecule has 0 spiro atoms. The molecule has 0 bridgehead atoms. The van der Waals surface area contributed by atoms with Gasteiger partial charge in [0.15, 0.2) is 0 Å². The maximum atomic E-state index is 10.8. The highest BCUT2D eigenvalue weighted by Gasteiger charge is 2.00. The first-order valence-electron chi connectivity index (χ1n) is 4.78. The summed E-state index contributed by atoms with van der Waals surface area (Å²) in [6, 6.07) is 5.08. The number of carbonyl (C=O) groups excluding carboxylic acids is 1. The van der Waals surface area contributed by atoms with Gasteiger partial charge in [0, 0.05) is 13.5 Å². The molecule has 0 aromatic carbocycles. The van der Waals surface area contributed by atoms with Crippen LogP contribution in [0, 0.1) is 0 Å². The third-order valence-electron chi connectivity index (χ3n) is 1.70. The monoisotopic (exact) mass is 223 g/mol. The minimum atomic E-state index is -0.870. The third-order valence-corrected chi connectivity index (χ3v) is 1.70. The molecule has 0 saturated heterocycles. The largest absolute Gasteiger partial charge is 0.481 e. The Kier molecular flexibility index (Phi) is 4.26. The predicted molar refractivity (Wildman–Crippen MR) is 59.3 cm³/mol. The molecule has 1 aromatic heterocycles. The van der Waals surface area contributed by atoms with Crippen LogP contribution in [-0.2, 0) is 9.59 Å². The molecule has 1 aromatic rings. The van der Waals surface area contributed by atoms with E-state index < -0.39 is 5.97 Å². The van der Waals surface area contributed by atoms with Crippen molar-refractivity contribution in [1.29, 1.82) is 0 Å². The Morgan fingerprint density at radius 1 is 1.38 bits per heavy atom. The Hall–Kier alpha value is -2.11. The summed E-state index contributed by atoms with van der Waals surface area (Å²) in [6.45, 7) is 1.69. The fourth-order valence-electron chi connectivity index (χ4n) is 1.08. The molecular formula is C10H13N3O3. The molecule has 0 aliphatic heterocycles. The van der Waals surface area contributed by atoms with Crippen molar-refractivity contribution in [3.8, 4) is 0 Å². The Morgan fingerprint density at radius 2 is 2.06 bits per heavy atom. The number of pyridine rings is 1. The van der Waals surface area contributed by atoms with Gasteiger partial charge in [0.25, 0.3) is 0 Å². The number of aliphatic carboxylic acids is 1. The average molecular weight is 223 g/mol. The van der Waals surface area contributed by atoms with Crippen LogP contribution in [-0.4, -0.2) is 28.5 Å². The first kappa shape index (κ1) is 12.0. The fraction of sp³-hybridized carbons (Fsp3) is 0.300. The normalized spacial score (nSPS) is 9.56. The number of hydrogen-bond acceptors (Lipinski definition) is 4. The molecule has 3 N–H and O–H groups in total. The highest BCUT2D eigenvalue weighted by Crippen LogP contribution is 2.08. The van der Waals surface area contributed by atoms with Gasteiger partial charge in [0.1, 0.15) is 11.6 Å². The van der Waals surface area contributed by atoms with Gasteiger partial charge in [-0.3, -0.25) is 9.59 Å². The van der Waals surface area contributed by atoms with Crippen molar-refractivity contribution in [2.75, 3.05) is 17.2 Å². The quantitative estimate of drug-likeness (QED) is 0.690. The van der Waals surface area contributed by atoms with E-state index in [1.807, 2.05) is 0 Å². The van der Waals surface area contributed by atoms with Gasteiger partial charge in [-0.2, -0.15) is 0 Å². The molecule has 1 rings (SSSR count). The number of carbonyl (C=O) groups is 2. The van der Waals surface area contributed by atoms with E-state index in [0.717, 1.165) is 0 Å². The lowest BCUT2D eigenvalue weighted by molar-refractivity contribution is -0.136. The van der Waals surface area contributed by atoms with E-state index in [2.05, 4.69) is 15.6 Å². The van der Waals surface area contributed by atoms with E-state index in [-0.39, 0.29) is 12.3 Å². The summed E-state index contributed by atoms with van der Waals surface area (Å²) in [5.74, 6) is -0.0963. The van der Waals surface area contributed by atoms with Gasteiger partial charge in [0.05, 0.1) is 6.42 Å². The minimum absolute atomic E-state index is 0.0199. The van der Waals surface area contributed by atoms with Gasteiger partial charge < -0.3 is 15.7 Å². The van der Waals surface area contributed by atoms with Gasteiger partial charge in [-0.15, -0.1) is 0 Å². The van der Waals surface area contributed by atoms with Crippen LogP contribution in [0.5, 0.6) is 0 Å². The lowest BCUT2D eigenvalue weighted by Crippen LogP contribution is -2.11. The zero-order valence-corrected chi connectivity index (χ0v) is 8.86. The van der Waals surface area contributed by atoms with E-state index in [9.17, 15) is 9.59 Å². The topological polar surface area (TPSA) is 91.3 Å². The summed E-state index contributed by atoms with van der Waals surface area (Å²) >= 11 is 0. The molecule has 16 heavy (non-hydrogen) atoms. The zero-order valence-electron chi connectivity index (χ0n) is 8.86. The first-order chi connectivity index (χ1) is 7.58. The van der Waals surface area contributed by atoms with Gasteiger partial charge in [0.2, 0.25) is 5.91 Å². The summed E-state index contributed by atoms with van der Waals surface area (Å²) in [7, 11) is 0. The Balaban J connectivity index is 2.53. The average Bonchev–Trinajstić information content (AvgIpc) is 2.16. The Labute approximate surface area is 92.7 Å². The maximum Gasteiger partial charge on any atom is 0.305 e. The number of carboxylic acids is 1. The molecule has 1 heterocycles. The highest BCUT2D eigenvalue weighted by molar-refractivity contribution is 5.87. The molecular weight excluding hydrogens is 210 g/mol. The molecule has 0 saturated carbocycles. The zero-order chi connectivity index (χ0) is 12.0. The van der Waals surface area contributed by atoms with Crippen molar-refractivity contribution in [2.45, 2.75) is 13.3 Å². The number of rotatable bonds is 5. The molecule has 0 radical (unpaired) electrons. The van der Waals surface area contributed by atoms with Crippen LogP contribution in [0.4, 0.5) is 11.6 Å².